The van der Waals surface area contributed by atoms with Gasteiger partial charge in [0, 0.05) is 11.5 Å². The van der Waals surface area contributed by atoms with E-state index in [0.717, 1.165) is 12.5 Å². The topological polar surface area (TPSA) is 12.0 Å². The molecule has 2 unspecified atom stereocenters. The molecule has 1 aliphatic rings. The maximum Gasteiger partial charge on any atom is 0.0437 e. The summed E-state index contributed by atoms with van der Waals surface area (Å²) in [6, 6.07) is 0. The summed E-state index contributed by atoms with van der Waals surface area (Å²) in [6.45, 7) is 15.4. The number of nitrogens with one attached hydrogen (secondary N) is 1. The molecule has 0 saturated carbocycles. The van der Waals surface area contributed by atoms with E-state index in [4.69, 9.17) is 0 Å². The Labute approximate surface area is 118 Å². The second-order valence-electron chi connectivity index (χ2n) is 5.74. The van der Waals surface area contributed by atoms with E-state index in [1.165, 1.54) is 12.0 Å². The predicted molar refractivity (Wildman–Crippen MR) is 86.1 cm³/mol. The van der Waals surface area contributed by atoms with Crippen LogP contribution in [0, 0.1) is 11.8 Å². The minimum Gasteiger partial charge on any atom is -0.307 e. The van der Waals surface area contributed by atoms with Gasteiger partial charge in [0.2, 0.25) is 0 Å². The zero-order chi connectivity index (χ0) is 14.3. The van der Waals surface area contributed by atoms with Gasteiger partial charge in [0.25, 0.3) is 0 Å². The SMILES string of the molecule is C=C/C=C\C(C)(NCCC(C)C)C1C=CC(C=C)=C1. The van der Waals surface area contributed by atoms with Crippen LogP contribution in [0.1, 0.15) is 27.2 Å². The minimum absolute atomic E-state index is 0.0651. The Balaban J connectivity index is 2.78. The number of hydrogen-bond acceptors (Lipinski definition) is 1. The molecule has 0 spiro atoms. The van der Waals surface area contributed by atoms with Gasteiger partial charge in [-0.05, 0) is 31.4 Å². The summed E-state index contributed by atoms with van der Waals surface area (Å²) in [7, 11) is 0. The first-order chi connectivity index (χ1) is 9.01. The molecule has 1 heteroatoms. The molecule has 0 heterocycles. The van der Waals surface area contributed by atoms with Crippen molar-refractivity contribution < 1.29 is 0 Å². The zero-order valence-corrected chi connectivity index (χ0v) is 12.5. The van der Waals surface area contributed by atoms with E-state index in [-0.39, 0.29) is 5.54 Å². The first kappa shape index (κ1) is 15.7. The molecule has 1 nitrogen and oxygen atoms in total. The lowest BCUT2D eigenvalue weighted by atomic mass is 9.85. The van der Waals surface area contributed by atoms with Gasteiger partial charge in [-0.25, -0.2) is 0 Å². The highest BCUT2D eigenvalue weighted by atomic mass is 15.0. The van der Waals surface area contributed by atoms with Crippen molar-refractivity contribution in [2.75, 3.05) is 6.54 Å². The average Bonchev–Trinajstić information content (AvgIpc) is 2.85. The van der Waals surface area contributed by atoms with Crippen molar-refractivity contribution in [3.63, 3.8) is 0 Å². The molecular formula is C18H27N. The third kappa shape index (κ3) is 4.68. The highest BCUT2D eigenvalue weighted by Gasteiger charge is 2.29. The fourth-order valence-electron chi connectivity index (χ4n) is 2.23. The highest BCUT2D eigenvalue weighted by molar-refractivity contribution is 5.40. The summed E-state index contributed by atoms with van der Waals surface area (Å²) >= 11 is 0. The third-order valence-electron chi connectivity index (χ3n) is 3.60. The zero-order valence-electron chi connectivity index (χ0n) is 12.5. The summed E-state index contributed by atoms with van der Waals surface area (Å²) in [4.78, 5) is 0. The predicted octanol–water partition coefficient (Wildman–Crippen LogP) is 4.42. The fraction of sp³-hybridized carbons (Fsp3) is 0.444. The molecule has 0 bridgehead atoms. The van der Waals surface area contributed by atoms with Gasteiger partial charge < -0.3 is 5.32 Å². The minimum atomic E-state index is -0.0651. The Kier molecular flexibility index (Phi) is 6.04. The van der Waals surface area contributed by atoms with Crippen LogP contribution >= 0.6 is 0 Å². The second-order valence-corrected chi connectivity index (χ2v) is 5.74. The molecule has 104 valence electrons. The van der Waals surface area contributed by atoms with Gasteiger partial charge in [-0.1, -0.05) is 69.5 Å². The molecule has 0 fully saturated rings. The van der Waals surface area contributed by atoms with Gasteiger partial charge >= 0.3 is 0 Å². The molecule has 2 atom stereocenters. The number of rotatable bonds is 8. The molecule has 0 aromatic heterocycles. The lowest BCUT2D eigenvalue weighted by Crippen LogP contribution is -2.46. The van der Waals surface area contributed by atoms with Gasteiger partial charge in [0.1, 0.15) is 0 Å². The summed E-state index contributed by atoms with van der Waals surface area (Å²) in [5, 5.41) is 3.68. The van der Waals surface area contributed by atoms with Crippen LogP contribution in [0.4, 0.5) is 0 Å². The van der Waals surface area contributed by atoms with E-state index in [9.17, 15) is 0 Å². The van der Waals surface area contributed by atoms with Crippen LogP contribution in [0.2, 0.25) is 0 Å². The Morgan fingerprint density at radius 3 is 2.68 bits per heavy atom. The Bertz CT molecular complexity index is 398. The van der Waals surface area contributed by atoms with Crippen LogP contribution in [0.3, 0.4) is 0 Å². The fourth-order valence-corrected chi connectivity index (χ4v) is 2.23. The highest BCUT2D eigenvalue weighted by Crippen LogP contribution is 2.28. The maximum atomic E-state index is 3.83. The number of allylic oxidation sites excluding steroid dienone is 5. The lowest BCUT2D eigenvalue weighted by Gasteiger charge is -2.32. The van der Waals surface area contributed by atoms with Crippen LogP contribution in [0.15, 0.2) is 61.3 Å². The van der Waals surface area contributed by atoms with E-state index in [0.29, 0.717) is 5.92 Å². The van der Waals surface area contributed by atoms with Gasteiger partial charge in [0.15, 0.2) is 0 Å². The molecule has 0 aromatic carbocycles. The van der Waals surface area contributed by atoms with E-state index in [1.54, 1.807) is 0 Å². The van der Waals surface area contributed by atoms with Gasteiger partial charge in [-0.2, -0.15) is 0 Å². The van der Waals surface area contributed by atoms with Crippen molar-refractivity contribution >= 4 is 0 Å². The summed E-state index contributed by atoms with van der Waals surface area (Å²) in [5.74, 6) is 1.09. The van der Waals surface area contributed by atoms with E-state index in [1.807, 2.05) is 18.2 Å². The molecular weight excluding hydrogens is 230 g/mol. The van der Waals surface area contributed by atoms with E-state index >= 15 is 0 Å². The number of hydrogen-bond donors (Lipinski definition) is 1. The van der Waals surface area contributed by atoms with Crippen LogP contribution in [-0.4, -0.2) is 12.1 Å². The van der Waals surface area contributed by atoms with E-state index in [2.05, 4.69) is 63.5 Å². The normalized spacial score (nSPS) is 21.7. The maximum absolute atomic E-state index is 3.83. The summed E-state index contributed by atoms with van der Waals surface area (Å²) < 4.78 is 0. The molecule has 0 aromatic rings. The largest absolute Gasteiger partial charge is 0.307 e. The smallest absolute Gasteiger partial charge is 0.0437 e. The standard InChI is InChI=1S/C18H27N/c1-6-8-12-18(5,19-13-11-15(3)4)17-10-9-16(7-2)14-17/h6-10,12,14-15,17,19H,1-2,11,13H2,3-5H3/b12-8-. The monoisotopic (exact) mass is 257 g/mol. The molecule has 0 aliphatic heterocycles. The van der Waals surface area contributed by atoms with Crippen molar-refractivity contribution in [3.05, 3.63) is 61.3 Å². The van der Waals surface area contributed by atoms with Crippen molar-refractivity contribution in [2.45, 2.75) is 32.7 Å². The van der Waals surface area contributed by atoms with Crippen LogP contribution in [0.5, 0.6) is 0 Å². The van der Waals surface area contributed by atoms with Gasteiger partial charge in [-0.15, -0.1) is 0 Å². The molecule has 1 rings (SSSR count). The molecule has 19 heavy (non-hydrogen) atoms. The lowest BCUT2D eigenvalue weighted by molar-refractivity contribution is 0.367. The Morgan fingerprint density at radius 2 is 2.16 bits per heavy atom. The van der Waals surface area contributed by atoms with Gasteiger partial charge in [0.05, 0.1) is 0 Å². The molecule has 0 radical (unpaired) electrons. The Hall–Kier alpha value is -1.34. The Morgan fingerprint density at radius 1 is 1.42 bits per heavy atom. The van der Waals surface area contributed by atoms with Crippen molar-refractivity contribution in [3.8, 4) is 0 Å². The summed E-state index contributed by atoms with van der Waals surface area (Å²) in [5.41, 5.74) is 1.14. The molecule has 0 saturated heterocycles. The summed E-state index contributed by atoms with van der Waals surface area (Å²) in [6.07, 6.45) is 15.8. The molecule has 0 amide bonds. The van der Waals surface area contributed by atoms with E-state index < -0.39 is 0 Å². The first-order valence-electron chi connectivity index (χ1n) is 7.09. The van der Waals surface area contributed by atoms with Crippen molar-refractivity contribution in [2.24, 2.45) is 11.8 Å². The van der Waals surface area contributed by atoms with Crippen LogP contribution in [-0.2, 0) is 0 Å². The van der Waals surface area contributed by atoms with Crippen molar-refractivity contribution in [1.82, 2.24) is 5.32 Å². The van der Waals surface area contributed by atoms with Crippen LogP contribution in [0.25, 0.3) is 0 Å². The van der Waals surface area contributed by atoms with Crippen LogP contribution < -0.4 is 5.32 Å². The average molecular weight is 257 g/mol. The molecule has 1 aliphatic carbocycles. The third-order valence-corrected chi connectivity index (χ3v) is 3.60. The first-order valence-corrected chi connectivity index (χ1v) is 7.09. The molecule has 1 N–H and O–H groups in total. The second kappa shape index (κ2) is 7.30. The van der Waals surface area contributed by atoms with Gasteiger partial charge in [-0.3, -0.25) is 0 Å². The van der Waals surface area contributed by atoms with Crippen molar-refractivity contribution in [1.29, 1.82) is 0 Å². The quantitative estimate of drug-likeness (QED) is 0.635.